The molecular weight excluding hydrogens is 328 g/mol. The Morgan fingerprint density at radius 2 is 1.85 bits per heavy atom. The van der Waals surface area contributed by atoms with Crippen LogP contribution in [0.1, 0.15) is 17.2 Å². The third-order valence-electron chi connectivity index (χ3n) is 3.08. The van der Waals surface area contributed by atoms with Gasteiger partial charge >= 0.3 is 0 Å². The predicted octanol–water partition coefficient (Wildman–Crippen LogP) is 4.04. The van der Waals surface area contributed by atoms with E-state index in [0.29, 0.717) is 11.3 Å². The van der Waals surface area contributed by atoms with Crippen LogP contribution in [0.2, 0.25) is 0 Å². The van der Waals surface area contributed by atoms with Crippen molar-refractivity contribution in [3.8, 4) is 5.75 Å². The van der Waals surface area contributed by atoms with E-state index < -0.39 is 17.7 Å². The zero-order valence-corrected chi connectivity index (χ0v) is 12.7. The van der Waals surface area contributed by atoms with Gasteiger partial charge in [-0.05, 0) is 36.9 Å². The van der Waals surface area contributed by atoms with E-state index in [2.05, 4.69) is 21.2 Å². The molecule has 0 aliphatic carbocycles. The van der Waals surface area contributed by atoms with Crippen molar-refractivity contribution in [2.75, 3.05) is 14.2 Å². The second-order valence-electron chi connectivity index (χ2n) is 4.27. The molecule has 1 N–H and O–H groups in total. The maximum absolute atomic E-state index is 14.0. The summed E-state index contributed by atoms with van der Waals surface area (Å²) in [5, 5.41) is 3.04. The molecule has 1 unspecified atom stereocenters. The second-order valence-corrected chi connectivity index (χ2v) is 5.13. The minimum Gasteiger partial charge on any atom is -0.497 e. The number of hydrogen-bond donors (Lipinski definition) is 1. The first-order chi connectivity index (χ1) is 9.56. The van der Waals surface area contributed by atoms with E-state index in [0.717, 1.165) is 16.1 Å². The molecule has 2 aromatic carbocycles. The highest BCUT2D eigenvalue weighted by Gasteiger charge is 2.19. The molecule has 2 aromatic rings. The Morgan fingerprint density at radius 1 is 1.10 bits per heavy atom. The molecule has 0 radical (unpaired) electrons. The topological polar surface area (TPSA) is 21.3 Å². The van der Waals surface area contributed by atoms with Gasteiger partial charge in [-0.2, -0.15) is 0 Å². The normalized spacial score (nSPS) is 12.2. The minimum atomic E-state index is -0.592. The average molecular weight is 342 g/mol. The summed E-state index contributed by atoms with van der Waals surface area (Å²) in [4.78, 5) is 0. The molecule has 20 heavy (non-hydrogen) atoms. The Bertz CT molecular complexity index is 619. The van der Waals surface area contributed by atoms with Crippen LogP contribution in [-0.4, -0.2) is 14.2 Å². The Kier molecular flexibility index (Phi) is 4.73. The van der Waals surface area contributed by atoms with Gasteiger partial charge in [0.05, 0.1) is 13.2 Å². The minimum absolute atomic E-state index is 0.378. The summed E-state index contributed by atoms with van der Waals surface area (Å²) < 4.78 is 33.0. The highest BCUT2D eigenvalue weighted by molar-refractivity contribution is 9.10. The van der Waals surface area contributed by atoms with Gasteiger partial charge in [0.1, 0.15) is 17.4 Å². The largest absolute Gasteiger partial charge is 0.497 e. The summed E-state index contributed by atoms with van der Waals surface area (Å²) in [6, 6.07) is 8.62. The van der Waals surface area contributed by atoms with Crippen molar-refractivity contribution >= 4 is 15.9 Å². The van der Waals surface area contributed by atoms with Crippen molar-refractivity contribution in [1.29, 1.82) is 0 Å². The molecule has 0 fully saturated rings. The highest BCUT2D eigenvalue weighted by atomic mass is 79.9. The lowest BCUT2D eigenvalue weighted by molar-refractivity contribution is 0.413. The smallest absolute Gasteiger partial charge is 0.131 e. The lowest BCUT2D eigenvalue weighted by atomic mass is 9.98. The Labute approximate surface area is 124 Å². The zero-order valence-electron chi connectivity index (χ0n) is 11.1. The van der Waals surface area contributed by atoms with Gasteiger partial charge in [-0.1, -0.05) is 22.0 Å². The van der Waals surface area contributed by atoms with Gasteiger partial charge in [0.25, 0.3) is 0 Å². The Hall–Kier alpha value is -1.46. The van der Waals surface area contributed by atoms with Crippen molar-refractivity contribution < 1.29 is 13.5 Å². The van der Waals surface area contributed by atoms with Gasteiger partial charge in [-0.15, -0.1) is 0 Å². The number of methoxy groups -OCH3 is 1. The predicted molar refractivity (Wildman–Crippen MR) is 78.0 cm³/mol. The summed E-state index contributed by atoms with van der Waals surface area (Å²) in [5.74, 6) is -0.504. The fourth-order valence-corrected chi connectivity index (χ4v) is 2.56. The molecule has 2 rings (SSSR count). The molecule has 0 heterocycles. The molecule has 0 saturated carbocycles. The van der Waals surface area contributed by atoms with Crippen LogP contribution >= 0.6 is 15.9 Å². The summed E-state index contributed by atoms with van der Waals surface area (Å²) in [6.45, 7) is 0. The number of benzene rings is 2. The van der Waals surface area contributed by atoms with E-state index in [1.807, 2.05) is 12.1 Å². The lowest BCUT2D eigenvalue weighted by Gasteiger charge is -2.20. The van der Waals surface area contributed by atoms with E-state index in [1.165, 1.54) is 12.1 Å². The first kappa shape index (κ1) is 14.9. The van der Waals surface area contributed by atoms with E-state index in [9.17, 15) is 8.78 Å². The van der Waals surface area contributed by atoms with Gasteiger partial charge in [0, 0.05) is 16.1 Å². The third-order valence-corrected chi connectivity index (χ3v) is 3.80. The van der Waals surface area contributed by atoms with Crippen molar-refractivity contribution in [1.82, 2.24) is 5.32 Å². The van der Waals surface area contributed by atoms with Gasteiger partial charge in [0.2, 0.25) is 0 Å². The van der Waals surface area contributed by atoms with Crippen LogP contribution in [0.3, 0.4) is 0 Å². The van der Waals surface area contributed by atoms with Crippen LogP contribution in [0, 0.1) is 11.6 Å². The van der Waals surface area contributed by atoms with Crippen LogP contribution in [-0.2, 0) is 0 Å². The molecule has 0 aromatic heterocycles. The standard InChI is InChI=1S/C15H14BrF2NO/c1-19-15(11-5-3-9(17)7-14(11)18)12-8-10(20-2)4-6-13(12)16/h3-8,15,19H,1-2H3. The molecule has 5 heteroatoms. The molecule has 0 spiro atoms. The third kappa shape index (κ3) is 2.99. The van der Waals surface area contributed by atoms with Crippen LogP contribution < -0.4 is 10.1 Å². The highest BCUT2D eigenvalue weighted by Crippen LogP contribution is 2.32. The summed E-state index contributed by atoms with van der Waals surface area (Å²) in [6.07, 6.45) is 0. The lowest BCUT2D eigenvalue weighted by Crippen LogP contribution is -2.19. The van der Waals surface area contributed by atoms with E-state index in [1.54, 1.807) is 20.2 Å². The Morgan fingerprint density at radius 3 is 2.45 bits per heavy atom. The van der Waals surface area contributed by atoms with E-state index in [4.69, 9.17) is 4.74 Å². The second kappa shape index (κ2) is 6.33. The van der Waals surface area contributed by atoms with Gasteiger partial charge in [0.15, 0.2) is 0 Å². The number of ether oxygens (including phenoxy) is 1. The Balaban J connectivity index is 2.51. The SMILES string of the molecule is CNC(c1ccc(F)cc1F)c1cc(OC)ccc1Br. The van der Waals surface area contributed by atoms with Gasteiger partial charge in [-0.3, -0.25) is 0 Å². The molecular formula is C15H14BrF2NO. The molecule has 2 nitrogen and oxygen atoms in total. The van der Waals surface area contributed by atoms with Crippen molar-refractivity contribution in [2.24, 2.45) is 0 Å². The molecule has 0 aliphatic heterocycles. The quantitative estimate of drug-likeness (QED) is 0.905. The maximum Gasteiger partial charge on any atom is 0.131 e. The fraction of sp³-hybridized carbons (Fsp3) is 0.200. The molecule has 0 bridgehead atoms. The average Bonchev–Trinajstić information content (AvgIpc) is 2.43. The molecule has 0 amide bonds. The van der Waals surface area contributed by atoms with Gasteiger partial charge < -0.3 is 10.1 Å². The maximum atomic E-state index is 14.0. The van der Waals surface area contributed by atoms with Crippen molar-refractivity contribution in [3.63, 3.8) is 0 Å². The zero-order chi connectivity index (χ0) is 14.7. The van der Waals surface area contributed by atoms with Crippen molar-refractivity contribution in [2.45, 2.75) is 6.04 Å². The number of hydrogen-bond acceptors (Lipinski definition) is 2. The molecule has 106 valence electrons. The molecule has 0 saturated heterocycles. The van der Waals surface area contributed by atoms with E-state index >= 15 is 0 Å². The molecule has 0 aliphatic rings. The summed E-state index contributed by atoms with van der Waals surface area (Å²) >= 11 is 3.45. The molecule has 1 atom stereocenters. The monoisotopic (exact) mass is 341 g/mol. The van der Waals surface area contributed by atoms with Crippen LogP contribution in [0.4, 0.5) is 8.78 Å². The van der Waals surface area contributed by atoms with Gasteiger partial charge in [-0.25, -0.2) is 8.78 Å². The number of rotatable bonds is 4. The van der Waals surface area contributed by atoms with Crippen LogP contribution in [0.25, 0.3) is 0 Å². The first-order valence-electron chi connectivity index (χ1n) is 6.02. The first-order valence-corrected chi connectivity index (χ1v) is 6.81. The number of nitrogens with one attached hydrogen (secondary N) is 1. The van der Waals surface area contributed by atoms with Crippen molar-refractivity contribution in [3.05, 3.63) is 63.6 Å². The van der Waals surface area contributed by atoms with Crippen LogP contribution in [0.15, 0.2) is 40.9 Å². The summed E-state index contributed by atoms with van der Waals surface area (Å²) in [5.41, 5.74) is 1.19. The fourth-order valence-electron chi connectivity index (χ4n) is 2.08. The number of halogens is 3. The summed E-state index contributed by atoms with van der Waals surface area (Å²) in [7, 11) is 3.29. The van der Waals surface area contributed by atoms with Crippen LogP contribution in [0.5, 0.6) is 5.75 Å². The van der Waals surface area contributed by atoms with E-state index in [-0.39, 0.29) is 0 Å².